The molecule has 0 radical (unpaired) electrons. The smallest absolute Gasteiger partial charge is 0.338 e. The minimum Gasteiger partial charge on any atom is -0.478 e. The number of hydrogen-bond donors (Lipinski definition) is 1. The Kier molecular flexibility index (Phi) is 4.55. The first kappa shape index (κ1) is 15.0. The number of esters is 1. The molecule has 1 N–H and O–H groups in total. The van der Waals surface area contributed by atoms with Crippen LogP contribution in [0.2, 0.25) is 5.15 Å². The number of carboxylic acid groups (broad SMARTS) is 1. The molecule has 0 fully saturated rings. The molecule has 0 aliphatic rings. The van der Waals surface area contributed by atoms with E-state index < -0.39 is 11.9 Å². The Morgan fingerprint density at radius 2 is 1.90 bits per heavy atom. The zero-order valence-electron chi connectivity index (χ0n) is 11.2. The standard InChI is InChI=1S/C15H12ClNO4/c1-2-21-15(20)10-5-3-9(4-6-10)11-7-12(14(18)19)13(16)17-8-11/h3-8H,2H2,1H3,(H,18,19). The van der Waals surface area contributed by atoms with Gasteiger partial charge >= 0.3 is 11.9 Å². The SMILES string of the molecule is CCOC(=O)c1ccc(-c2cnc(Cl)c(C(=O)O)c2)cc1. The number of benzene rings is 1. The van der Waals surface area contributed by atoms with Crippen LogP contribution in [0.5, 0.6) is 0 Å². The molecule has 0 bridgehead atoms. The second-order valence-corrected chi connectivity index (χ2v) is 4.52. The second-order valence-electron chi connectivity index (χ2n) is 4.17. The topological polar surface area (TPSA) is 76.5 Å². The first-order valence-electron chi connectivity index (χ1n) is 6.19. The van der Waals surface area contributed by atoms with Gasteiger partial charge in [0.2, 0.25) is 0 Å². The van der Waals surface area contributed by atoms with Crippen LogP contribution in [0.3, 0.4) is 0 Å². The molecule has 108 valence electrons. The summed E-state index contributed by atoms with van der Waals surface area (Å²) in [4.78, 5) is 26.4. The molecule has 6 heteroatoms. The molecule has 0 atom stereocenters. The van der Waals surface area contributed by atoms with E-state index >= 15 is 0 Å². The Bertz CT molecular complexity index is 683. The fourth-order valence-electron chi connectivity index (χ4n) is 1.77. The van der Waals surface area contributed by atoms with Crippen molar-refractivity contribution in [1.82, 2.24) is 4.98 Å². The molecular weight excluding hydrogens is 294 g/mol. The maximum atomic E-state index is 11.6. The molecule has 0 unspecified atom stereocenters. The summed E-state index contributed by atoms with van der Waals surface area (Å²) in [6.45, 7) is 2.04. The summed E-state index contributed by atoms with van der Waals surface area (Å²) in [6, 6.07) is 8.06. The Labute approximate surface area is 126 Å². The number of carboxylic acids is 1. The van der Waals surface area contributed by atoms with Gasteiger partial charge in [-0.05, 0) is 30.7 Å². The normalized spacial score (nSPS) is 10.2. The molecule has 1 aromatic heterocycles. The van der Waals surface area contributed by atoms with E-state index in [-0.39, 0.29) is 10.7 Å². The van der Waals surface area contributed by atoms with Crippen molar-refractivity contribution in [2.75, 3.05) is 6.61 Å². The highest BCUT2D eigenvalue weighted by Gasteiger charge is 2.12. The highest BCUT2D eigenvalue weighted by atomic mass is 35.5. The van der Waals surface area contributed by atoms with E-state index in [2.05, 4.69) is 4.98 Å². The van der Waals surface area contributed by atoms with Gasteiger partial charge in [-0.25, -0.2) is 14.6 Å². The monoisotopic (exact) mass is 305 g/mol. The summed E-state index contributed by atoms with van der Waals surface area (Å²) in [5.74, 6) is -1.54. The van der Waals surface area contributed by atoms with Crippen LogP contribution in [0.4, 0.5) is 0 Å². The van der Waals surface area contributed by atoms with Gasteiger partial charge in [0.1, 0.15) is 5.15 Å². The third-order valence-electron chi connectivity index (χ3n) is 2.80. The summed E-state index contributed by atoms with van der Waals surface area (Å²) in [5, 5.41) is 8.97. The summed E-state index contributed by atoms with van der Waals surface area (Å²) >= 11 is 5.73. The van der Waals surface area contributed by atoms with Crippen molar-refractivity contribution in [3.05, 3.63) is 52.8 Å². The lowest BCUT2D eigenvalue weighted by atomic mass is 10.0. The van der Waals surface area contributed by atoms with Crippen LogP contribution in [0.1, 0.15) is 27.6 Å². The number of pyridine rings is 1. The van der Waals surface area contributed by atoms with Crippen molar-refractivity contribution in [2.24, 2.45) is 0 Å². The molecule has 2 rings (SSSR count). The van der Waals surface area contributed by atoms with Gasteiger partial charge in [0.25, 0.3) is 0 Å². The molecular formula is C15H12ClNO4. The van der Waals surface area contributed by atoms with E-state index in [1.807, 2.05) is 0 Å². The van der Waals surface area contributed by atoms with Gasteiger partial charge in [0.15, 0.2) is 0 Å². The van der Waals surface area contributed by atoms with E-state index in [1.165, 1.54) is 12.3 Å². The first-order valence-corrected chi connectivity index (χ1v) is 6.57. The maximum absolute atomic E-state index is 11.6. The van der Waals surface area contributed by atoms with Crippen LogP contribution in [-0.2, 0) is 4.74 Å². The van der Waals surface area contributed by atoms with Gasteiger partial charge < -0.3 is 9.84 Å². The predicted octanol–water partition coefficient (Wildman–Crippen LogP) is 3.28. The van der Waals surface area contributed by atoms with Gasteiger partial charge in [-0.2, -0.15) is 0 Å². The largest absolute Gasteiger partial charge is 0.478 e. The Balaban J connectivity index is 2.33. The highest BCUT2D eigenvalue weighted by Crippen LogP contribution is 2.23. The molecule has 1 aromatic carbocycles. The molecule has 1 heterocycles. The molecule has 0 aliphatic carbocycles. The number of nitrogens with zero attached hydrogens (tertiary/aromatic N) is 1. The molecule has 0 spiro atoms. The molecule has 2 aromatic rings. The average Bonchev–Trinajstić information content (AvgIpc) is 2.48. The summed E-state index contributed by atoms with van der Waals surface area (Å²) in [5.41, 5.74) is 1.70. The second kappa shape index (κ2) is 6.37. The zero-order valence-corrected chi connectivity index (χ0v) is 11.9. The lowest BCUT2D eigenvalue weighted by molar-refractivity contribution is 0.0526. The van der Waals surface area contributed by atoms with E-state index in [4.69, 9.17) is 21.4 Å². The third kappa shape index (κ3) is 3.38. The maximum Gasteiger partial charge on any atom is 0.338 e. The third-order valence-corrected chi connectivity index (χ3v) is 3.10. The lowest BCUT2D eigenvalue weighted by Gasteiger charge is -2.06. The molecule has 0 saturated heterocycles. The molecule has 0 saturated carbocycles. The van der Waals surface area contributed by atoms with Crippen LogP contribution in [-0.4, -0.2) is 28.6 Å². The number of hydrogen-bond acceptors (Lipinski definition) is 4. The van der Waals surface area contributed by atoms with Crippen molar-refractivity contribution < 1.29 is 19.4 Å². The number of rotatable bonds is 4. The number of halogens is 1. The molecule has 5 nitrogen and oxygen atoms in total. The summed E-state index contributed by atoms with van der Waals surface area (Å²) < 4.78 is 4.89. The van der Waals surface area contributed by atoms with Crippen molar-refractivity contribution in [3.63, 3.8) is 0 Å². The number of aromatic carboxylic acids is 1. The number of carbonyl (C=O) groups is 2. The predicted molar refractivity (Wildman–Crippen MR) is 77.6 cm³/mol. The van der Waals surface area contributed by atoms with Gasteiger partial charge in [-0.1, -0.05) is 23.7 Å². The van der Waals surface area contributed by atoms with Crippen LogP contribution in [0, 0.1) is 0 Å². The van der Waals surface area contributed by atoms with Gasteiger partial charge in [-0.15, -0.1) is 0 Å². The molecule has 0 aliphatic heterocycles. The zero-order chi connectivity index (χ0) is 15.4. The summed E-state index contributed by atoms with van der Waals surface area (Å²) in [7, 11) is 0. The summed E-state index contributed by atoms with van der Waals surface area (Å²) in [6.07, 6.45) is 1.48. The van der Waals surface area contributed by atoms with Crippen LogP contribution >= 0.6 is 11.6 Å². The first-order chi connectivity index (χ1) is 10.0. The Morgan fingerprint density at radius 3 is 2.48 bits per heavy atom. The van der Waals surface area contributed by atoms with E-state index in [0.29, 0.717) is 17.7 Å². The fourth-order valence-corrected chi connectivity index (χ4v) is 1.95. The van der Waals surface area contributed by atoms with Gasteiger partial charge in [0.05, 0.1) is 17.7 Å². The van der Waals surface area contributed by atoms with Crippen molar-refractivity contribution in [3.8, 4) is 11.1 Å². The van der Waals surface area contributed by atoms with Gasteiger partial charge in [0, 0.05) is 11.8 Å². The van der Waals surface area contributed by atoms with Crippen molar-refractivity contribution in [1.29, 1.82) is 0 Å². The number of ether oxygens (including phenoxy) is 1. The molecule has 0 amide bonds. The quantitative estimate of drug-likeness (QED) is 0.693. The Morgan fingerprint density at radius 1 is 1.24 bits per heavy atom. The van der Waals surface area contributed by atoms with E-state index in [9.17, 15) is 9.59 Å². The number of aromatic nitrogens is 1. The fraction of sp³-hybridized carbons (Fsp3) is 0.133. The Hall–Kier alpha value is -2.40. The van der Waals surface area contributed by atoms with Crippen molar-refractivity contribution in [2.45, 2.75) is 6.92 Å². The van der Waals surface area contributed by atoms with Crippen LogP contribution in [0.15, 0.2) is 36.5 Å². The molecule has 21 heavy (non-hydrogen) atoms. The van der Waals surface area contributed by atoms with Crippen LogP contribution < -0.4 is 0 Å². The number of carbonyl (C=O) groups excluding carboxylic acids is 1. The lowest BCUT2D eigenvalue weighted by Crippen LogP contribution is -2.04. The van der Waals surface area contributed by atoms with Gasteiger partial charge in [-0.3, -0.25) is 0 Å². The highest BCUT2D eigenvalue weighted by molar-refractivity contribution is 6.32. The average molecular weight is 306 g/mol. The van der Waals surface area contributed by atoms with Crippen LogP contribution in [0.25, 0.3) is 11.1 Å². The minimum atomic E-state index is -1.14. The van der Waals surface area contributed by atoms with E-state index in [0.717, 1.165) is 5.56 Å². The van der Waals surface area contributed by atoms with Crippen molar-refractivity contribution >= 4 is 23.5 Å². The van der Waals surface area contributed by atoms with E-state index in [1.54, 1.807) is 31.2 Å². The minimum absolute atomic E-state index is 0.0607.